The molecule has 0 heterocycles. The molecule has 0 saturated carbocycles. The lowest BCUT2D eigenvalue weighted by Gasteiger charge is -2.05. The molecule has 16 heavy (non-hydrogen) atoms. The minimum absolute atomic E-state index is 0.121. The zero-order chi connectivity index (χ0) is 12.0. The maximum absolute atomic E-state index is 11.7. The topological polar surface area (TPSA) is 29.1 Å². The van der Waals surface area contributed by atoms with E-state index >= 15 is 0 Å². The van der Waals surface area contributed by atoms with Crippen molar-refractivity contribution >= 4 is 29.3 Å². The van der Waals surface area contributed by atoms with E-state index in [1.165, 1.54) is 0 Å². The van der Waals surface area contributed by atoms with Gasteiger partial charge in [-0.1, -0.05) is 30.3 Å². The number of hydrogen-bond donors (Lipinski definition) is 1. The SMILES string of the molecule is C=C(Cl)CNC(=O)c1cccc(CSC)c1. The van der Waals surface area contributed by atoms with Crippen molar-refractivity contribution in [2.75, 3.05) is 12.8 Å². The van der Waals surface area contributed by atoms with Crippen LogP contribution in [0, 0.1) is 0 Å². The molecule has 86 valence electrons. The summed E-state index contributed by atoms with van der Waals surface area (Å²) in [5, 5.41) is 3.12. The van der Waals surface area contributed by atoms with Gasteiger partial charge in [-0.05, 0) is 24.0 Å². The van der Waals surface area contributed by atoms with Crippen molar-refractivity contribution in [3.05, 3.63) is 47.0 Å². The lowest BCUT2D eigenvalue weighted by atomic mass is 10.1. The van der Waals surface area contributed by atoms with Gasteiger partial charge in [-0.25, -0.2) is 0 Å². The van der Waals surface area contributed by atoms with Crippen LogP contribution in [-0.2, 0) is 5.75 Å². The maximum atomic E-state index is 11.7. The van der Waals surface area contributed by atoms with Crippen molar-refractivity contribution in [2.45, 2.75) is 5.75 Å². The van der Waals surface area contributed by atoms with Gasteiger partial charge in [0.05, 0.1) is 6.54 Å². The predicted molar refractivity (Wildman–Crippen MR) is 71.0 cm³/mol. The third kappa shape index (κ3) is 4.29. The Balaban J connectivity index is 2.67. The molecule has 0 radical (unpaired) electrons. The molecule has 4 heteroatoms. The summed E-state index contributed by atoms with van der Waals surface area (Å²) in [5.41, 5.74) is 1.80. The van der Waals surface area contributed by atoms with Crippen molar-refractivity contribution in [3.63, 3.8) is 0 Å². The highest BCUT2D eigenvalue weighted by atomic mass is 35.5. The monoisotopic (exact) mass is 255 g/mol. The molecule has 1 amide bonds. The lowest BCUT2D eigenvalue weighted by molar-refractivity contribution is 0.0957. The van der Waals surface area contributed by atoms with Gasteiger partial charge in [-0.2, -0.15) is 11.8 Å². The zero-order valence-corrected chi connectivity index (χ0v) is 10.7. The minimum atomic E-state index is -0.121. The molecule has 1 aromatic rings. The van der Waals surface area contributed by atoms with E-state index < -0.39 is 0 Å². The molecule has 0 atom stereocenters. The smallest absolute Gasteiger partial charge is 0.251 e. The number of carbonyl (C=O) groups is 1. The second-order valence-electron chi connectivity index (χ2n) is 3.33. The van der Waals surface area contributed by atoms with Crippen LogP contribution in [0.15, 0.2) is 35.9 Å². The number of carbonyl (C=O) groups excluding carboxylic acids is 1. The average Bonchev–Trinajstić information content (AvgIpc) is 2.26. The summed E-state index contributed by atoms with van der Waals surface area (Å²) in [4.78, 5) is 11.7. The molecule has 2 nitrogen and oxygen atoms in total. The largest absolute Gasteiger partial charge is 0.347 e. The van der Waals surface area contributed by atoms with E-state index in [0.29, 0.717) is 17.1 Å². The van der Waals surface area contributed by atoms with Crippen molar-refractivity contribution in [1.82, 2.24) is 5.32 Å². The number of nitrogens with one attached hydrogen (secondary N) is 1. The van der Waals surface area contributed by atoms with Crippen LogP contribution in [0.25, 0.3) is 0 Å². The van der Waals surface area contributed by atoms with Crippen LogP contribution >= 0.6 is 23.4 Å². The van der Waals surface area contributed by atoms with Gasteiger partial charge >= 0.3 is 0 Å². The molecule has 0 aliphatic rings. The molecule has 0 aromatic heterocycles. The molecule has 1 N–H and O–H groups in total. The number of thioether (sulfide) groups is 1. The first kappa shape index (κ1) is 13.1. The van der Waals surface area contributed by atoms with E-state index in [0.717, 1.165) is 11.3 Å². The highest BCUT2D eigenvalue weighted by molar-refractivity contribution is 7.97. The Kier molecular flexibility index (Phi) is 5.43. The number of amides is 1. The first-order valence-corrected chi connectivity index (χ1v) is 6.60. The van der Waals surface area contributed by atoms with Gasteiger partial charge in [0.15, 0.2) is 0 Å². The second kappa shape index (κ2) is 6.61. The van der Waals surface area contributed by atoms with E-state index in [9.17, 15) is 4.79 Å². The van der Waals surface area contributed by atoms with E-state index in [-0.39, 0.29) is 5.91 Å². The van der Waals surface area contributed by atoms with Crippen molar-refractivity contribution in [3.8, 4) is 0 Å². The molecule has 0 aliphatic carbocycles. The third-order valence-corrected chi connectivity index (χ3v) is 2.70. The van der Waals surface area contributed by atoms with Gasteiger partial charge in [0.2, 0.25) is 0 Å². The Morgan fingerprint density at radius 1 is 1.56 bits per heavy atom. The fourth-order valence-electron chi connectivity index (χ4n) is 1.25. The first-order chi connectivity index (χ1) is 7.63. The van der Waals surface area contributed by atoms with Crippen molar-refractivity contribution < 1.29 is 4.79 Å². The van der Waals surface area contributed by atoms with Gasteiger partial charge in [0.25, 0.3) is 5.91 Å². The molecule has 0 unspecified atom stereocenters. The third-order valence-electron chi connectivity index (χ3n) is 1.94. The quantitative estimate of drug-likeness (QED) is 0.876. The van der Waals surface area contributed by atoms with Crippen molar-refractivity contribution in [2.24, 2.45) is 0 Å². The van der Waals surface area contributed by atoms with Crippen LogP contribution in [0.5, 0.6) is 0 Å². The average molecular weight is 256 g/mol. The van der Waals surface area contributed by atoms with E-state index in [1.807, 2.05) is 24.5 Å². The molecule has 0 fully saturated rings. The summed E-state index contributed by atoms with van der Waals surface area (Å²) in [7, 11) is 0. The van der Waals surface area contributed by atoms with Crippen LogP contribution < -0.4 is 5.32 Å². The number of hydrogen-bond acceptors (Lipinski definition) is 2. The second-order valence-corrected chi connectivity index (χ2v) is 4.73. The van der Waals surface area contributed by atoms with Gasteiger partial charge in [0.1, 0.15) is 0 Å². The van der Waals surface area contributed by atoms with E-state index in [4.69, 9.17) is 11.6 Å². The summed E-state index contributed by atoms with van der Waals surface area (Å²) >= 11 is 7.30. The molecule has 0 aliphatic heterocycles. The Morgan fingerprint density at radius 2 is 2.31 bits per heavy atom. The molecule has 0 bridgehead atoms. The summed E-state index contributed by atoms with van der Waals surface area (Å²) in [6.45, 7) is 3.81. The van der Waals surface area contributed by atoms with E-state index in [2.05, 4.69) is 11.9 Å². The first-order valence-electron chi connectivity index (χ1n) is 4.83. The van der Waals surface area contributed by atoms with Crippen molar-refractivity contribution in [1.29, 1.82) is 0 Å². The summed E-state index contributed by atoms with van der Waals surface area (Å²) in [6.07, 6.45) is 2.03. The Labute approximate surface area is 105 Å². The Bertz CT molecular complexity index is 392. The standard InChI is InChI=1S/C12H14ClNOS/c1-9(13)7-14-12(15)11-5-3-4-10(6-11)8-16-2/h3-6H,1,7-8H2,2H3,(H,14,15). The summed E-state index contributed by atoms with van der Waals surface area (Å²) in [5.74, 6) is 0.785. The number of benzene rings is 1. The fraction of sp³-hybridized carbons (Fsp3) is 0.250. The maximum Gasteiger partial charge on any atom is 0.251 e. The molecule has 0 saturated heterocycles. The fourth-order valence-corrected chi connectivity index (χ4v) is 1.83. The lowest BCUT2D eigenvalue weighted by Crippen LogP contribution is -2.24. The summed E-state index contributed by atoms with van der Waals surface area (Å²) in [6, 6.07) is 7.57. The van der Waals surface area contributed by atoms with Gasteiger partial charge in [-0.15, -0.1) is 0 Å². The van der Waals surface area contributed by atoms with Crippen LogP contribution in [-0.4, -0.2) is 18.7 Å². The number of halogens is 1. The highest BCUT2D eigenvalue weighted by Gasteiger charge is 2.05. The molecular formula is C12H14ClNOS. The Hall–Kier alpha value is -0.930. The van der Waals surface area contributed by atoms with Crippen LogP contribution in [0.2, 0.25) is 0 Å². The molecule has 1 aromatic carbocycles. The van der Waals surface area contributed by atoms with Crippen LogP contribution in [0.3, 0.4) is 0 Å². The normalized spacial score (nSPS) is 9.88. The minimum Gasteiger partial charge on any atom is -0.347 e. The number of rotatable bonds is 5. The molecule has 1 rings (SSSR count). The van der Waals surface area contributed by atoms with Gasteiger partial charge in [-0.3, -0.25) is 4.79 Å². The predicted octanol–water partition coefficient (Wildman–Crippen LogP) is 3.03. The van der Waals surface area contributed by atoms with Gasteiger partial charge < -0.3 is 5.32 Å². The molecule has 0 spiro atoms. The molecular weight excluding hydrogens is 242 g/mol. The zero-order valence-electron chi connectivity index (χ0n) is 9.13. The van der Waals surface area contributed by atoms with Gasteiger partial charge in [0, 0.05) is 16.3 Å². The van der Waals surface area contributed by atoms with E-state index in [1.54, 1.807) is 17.8 Å². The van der Waals surface area contributed by atoms with Crippen LogP contribution in [0.4, 0.5) is 0 Å². The highest BCUT2D eigenvalue weighted by Crippen LogP contribution is 2.11. The summed E-state index contributed by atoms with van der Waals surface area (Å²) < 4.78 is 0. The Morgan fingerprint density at radius 3 is 2.94 bits per heavy atom. The van der Waals surface area contributed by atoms with Crippen LogP contribution in [0.1, 0.15) is 15.9 Å².